The molecule has 1 saturated heterocycles. The molecule has 2 aromatic carbocycles. The third kappa shape index (κ3) is 7.88. The Labute approximate surface area is 382 Å². The van der Waals surface area contributed by atoms with Gasteiger partial charge in [0.25, 0.3) is 0 Å². The molecule has 8 aliphatic rings. The van der Waals surface area contributed by atoms with Crippen LogP contribution in [0.25, 0.3) is 10.8 Å². The van der Waals surface area contributed by atoms with Crippen LogP contribution in [-0.4, -0.2) is 51.7 Å². The number of nitrogens with two attached hydrogens (primary N) is 1. The van der Waals surface area contributed by atoms with Crippen LogP contribution in [-0.2, 0) is 17.6 Å². The second kappa shape index (κ2) is 16.6. The highest BCUT2D eigenvalue weighted by molar-refractivity contribution is 5.87. The summed E-state index contributed by atoms with van der Waals surface area (Å²) < 4.78 is 12.7. The lowest BCUT2D eigenvalue weighted by Gasteiger charge is -2.58. The van der Waals surface area contributed by atoms with Crippen LogP contribution in [0.15, 0.2) is 76.6 Å². The van der Waals surface area contributed by atoms with Crippen molar-refractivity contribution in [2.45, 2.75) is 190 Å². The number of aliphatic imine (C=N–C) groups is 1. The number of rotatable bonds is 7. The van der Waals surface area contributed by atoms with Gasteiger partial charge >= 0.3 is 0 Å². The lowest BCUT2D eigenvalue weighted by molar-refractivity contribution is -0.0696. The summed E-state index contributed by atoms with van der Waals surface area (Å²) in [7, 11) is 0. The Bertz CT molecular complexity index is 2310. The maximum absolute atomic E-state index is 11.4. The zero-order valence-corrected chi connectivity index (χ0v) is 38.8. The first-order chi connectivity index (χ1) is 30.9. The summed E-state index contributed by atoms with van der Waals surface area (Å²) in [6, 6.07) is 15.7. The topological polar surface area (TPSA) is 117 Å². The smallest absolute Gasteiger partial charge is 0.189 e. The van der Waals surface area contributed by atoms with Gasteiger partial charge in [0.1, 0.15) is 0 Å². The van der Waals surface area contributed by atoms with Crippen LogP contribution in [0, 0.1) is 58.2 Å². The van der Waals surface area contributed by atoms with Crippen molar-refractivity contribution < 1.29 is 19.4 Å². The molecule has 3 aromatic rings. The standard InChI is InChI=1S/C57H75N3O4/c1-36-30-56(26-21-38(31-56)22-27-57(62)24-9-14-44(61)32-57)52-55(3,64-52)25-23-47-45(36)33-54(47,2)43-20-19-40(29-43)48-15-8-13-41(28-37-10-5-4-6-11-37)51-49(60-53(58)59-48)16-7-12-39-17-18-42-34-63-35-46(42)50(39)51/h4-6,10-11,17-18,34-35,38,40-41,43-45,47-49,51-52,61-62H,1,7,9,12,14-16,19-33H2,2-3H3,(H3,58,59,60)/t38-,40-,41+,43+,44-,45+,47+,48+,49-,51-,52+,54+,55+,56+,57-/m0/s1. The van der Waals surface area contributed by atoms with Gasteiger partial charge in [0.15, 0.2) is 5.96 Å². The quantitative estimate of drug-likeness (QED) is 0.107. The van der Waals surface area contributed by atoms with E-state index in [0.717, 1.165) is 82.4 Å². The third-order valence-corrected chi connectivity index (χ3v) is 19.5. The number of hydrogen-bond donors (Lipinski definition) is 4. The number of aliphatic hydroxyl groups is 2. The molecule has 15 atom stereocenters. The number of nitrogens with zero attached hydrogens (tertiary/aromatic N) is 1. The Morgan fingerprint density at radius 3 is 2.69 bits per heavy atom. The summed E-state index contributed by atoms with van der Waals surface area (Å²) in [5.74, 6) is 11.6. The first-order valence-electron chi connectivity index (χ1n) is 25.8. The summed E-state index contributed by atoms with van der Waals surface area (Å²) in [6.07, 6.45) is 25.7. The molecule has 7 heteroatoms. The van der Waals surface area contributed by atoms with Crippen LogP contribution >= 0.6 is 0 Å². The largest absolute Gasteiger partial charge is 0.471 e. The Balaban J connectivity index is 0.795. The van der Waals surface area contributed by atoms with E-state index in [9.17, 15) is 10.2 Å². The number of nitrogens with one attached hydrogen (secondary N) is 1. The van der Waals surface area contributed by atoms with Crippen LogP contribution in [0.4, 0.5) is 0 Å². The van der Waals surface area contributed by atoms with Crippen molar-refractivity contribution in [3.63, 3.8) is 0 Å². The fourth-order valence-corrected chi connectivity index (χ4v) is 16.1. The Morgan fingerprint density at radius 1 is 0.953 bits per heavy atom. The Kier molecular flexibility index (Phi) is 11.2. The predicted octanol–water partition coefficient (Wildman–Crippen LogP) is 10.9. The van der Waals surface area contributed by atoms with Crippen molar-refractivity contribution >= 4 is 16.7 Å². The molecular weight excluding hydrogens is 791 g/mol. The first-order valence-corrected chi connectivity index (χ1v) is 25.8. The summed E-state index contributed by atoms with van der Waals surface area (Å²) in [5.41, 5.74) is 12.4. The number of ether oxygens (including phenoxy) is 1. The van der Waals surface area contributed by atoms with Gasteiger partial charge in [-0.25, -0.2) is 4.99 Å². The fourth-order valence-electron chi connectivity index (χ4n) is 16.1. The molecule has 64 heavy (non-hydrogen) atoms. The number of guanidine groups is 1. The van der Waals surface area contributed by atoms with E-state index >= 15 is 0 Å². The highest BCUT2D eigenvalue weighted by atomic mass is 16.6. The Morgan fingerprint density at radius 2 is 1.83 bits per heavy atom. The van der Waals surface area contributed by atoms with Crippen molar-refractivity contribution in [3.05, 3.63) is 83.8 Å². The molecule has 342 valence electrons. The number of allylic oxidation sites excluding steroid dienone is 1. The van der Waals surface area contributed by atoms with Crippen LogP contribution in [0.2, 0.25) is 0 Å². The van der Waals surface area contributed by atoms with E-state index in [-0.39, 0.29) is 41.0 Å². The third-order valence-electron chi connectivity index (χ3n) is 19.5. The molecular formula is C57H75N3O4. The number of epoxide rings is 1. The highest BCUT2D eigenvalue weighted by Crippen LogP contribution is 2.69. The minimum absolute atomic E-state index is 0.0280. The van der Waals surface area contributed by atoms with Crippen LogP contribution < -0.4 is 11.1 Å². The fraction of sp³-hybridized carbons (Fsp3) is 0.667. The first kappa shape index (κ1) is 43.0. The Hall–Kier alpha value is -3.57. The number of fused-ring (bicyclic) bond motifs is 8. The predicted molar refractivity (Wildman–Crippen MR) is 255 cm³/mol. The van der Waals surface area contributed by atoms with E-state index in [0.29, 0.717) is 53.5 Å². The van der Waals surface area contributed by atoms with Crippen molar-refractivity contribution in [1.29, 1.82) is 0 Å². The van der Waals surface area contributed by atoms with Crippen molar-refractivity contribution in [1.82, 2.24) is 5.32 Å². The molecule has 6 aliphatic carbocycles. The molecule has 0 bridgehead atoms. The molecule has 2 aliphatic heterocycles. The van der Waals surface area contributed by atoms with Gasteiger partial charge in [-0.3, -0.25) is 0 Å². The molecule has 1 aromatic heterocycles. The van der Waals surface area contributed by atoms with Gasteiger partial charge in [-0.1, -0.05) is 67.5 Å². The lowest BCUT2D eigenvalue weighted by atomic mass is 9.46. The molecule has 3 heterocycles. The molecule has 0 radical (unpaired) electrons. The molecule has 6 fully saturated rings. The summed E-state index contributed by atoms with van der Waals surface area (Å²) in [5, 5.41) is 27.9. The van der Waals surface area contributed by atoms with Crippen molar-refractivity contribution in [2.24, 2.45) is 57.1 Å². The lowest BCUT2D eigenvalue weighted by Crippen LogP contribution is -2.51. The molecule has 0 unspecified atom stereocenters. The van der Waals surface area contributed by atoms with E-state index in [2.05, 4.69) is 73.5 Å². The molecule has 11 rings (SSSR count). The van der Waals surface area contributed by atoms with Gasteiger partial charge in [-0.2, -0.15) is 0 Å². The summed E-state index contributed by atoms with van der Waals surface area (Å²) >= 11 is 0. The van der Waals surface area contributed by atoms with E-state index in [1.165, 1.54) is 79.0 Å². The number of aliphatic hydroxyl groups excluding tert-OH is 1. The minimum Gasteiger partial charge on any atom is -0.471 e. The van der Waals surface area contributed by atoms with Crippen LogP contribution in [0.5, 0.6) is 0 Å². The van der Waals surface area contributed by atoms with Crippen molar-refractivity contribution in [3.8, 4) is 11.8 Å². The van der Waals surface area contributed by atoms with Gasteiger partial charge in [0.05, 0.1) is 42.0 Å². The van der Waals surface area contributed by atoms with Gasteiger partial charge in [-0.05, 0) is 181 Å². The molecule has 0 amide bonds. The second-order valence-corrected chi connectivity index (χ2v) is 23.4. The van der Waals surface area contributed by atoms with Gasteiger partial charge in [0, 0.05) is 46.9 Å². The minimum atomic E-state index is -0.688. The summed E-state index contributed by atoms with van der Waals surface area (Å²) in [4.78, 5) is 5.38. The zero-order chi connectivity index (χ0) is 43.8. The second-order valence-electron chi connectivity index (χ2n) is 23.4. The van der Waals surface area contributed by atoms with E-state index in [1.54, 1.807) is 0 Å². The number of hydrogen-bond acceptors (Lipinski definition) is 7. The van der Waals surface area contributed by atoms with Crippen LogP contribution in [0.1, 0.15) is 158 Å². The van der Waals surface area contributed by atoms with Gasteiger partial charge in [-0.15, -0.1) is 5.92 Å². The van der Waals surface area contributed by atoms with Crippen molar-refractivity contribution in [2.75, 3.05) is 0 Å². The summed E-state index contributed by atoms with van der Waals surface area (Å²) in [6.45, 7) is 9.98. The van der Waals surface area contributed by atoms with E-state index < -0.39 is 5.60 Å². The monoisotopic (exact) mass is 866 g/mol. The maximum Gasteiger partial charge on any atom is 0.189 e. The van der Waals surface area contributed by atoms with E-state index in [1.807, 2.05) is 12.5 Å². The van der Waals surface area contributed by atoms with E-state index in [4.69, 9.17) is 26.5 Å². The zero-order valence-electron chi connectivity index (χ0n) is 38.8. The normalized spacial score (nSPS) is 43.0. The molecule has 5 N–H and O–H groups in total. The highest BCUT2D eigenvalue weighted by Gasteiger charge is 2.67. The average Bonchev–Trinajstić information content (AvgIpc) is 3.66. The van der Waals surface area contributed by atoms with Gasteiger partial charge in [0.2, 0.25) is 0 Å². The number of benzene rings is 2. The maximum atomic E-state index is 11.4. The number of furan rings is 1. The average molecular weight is 866 g/mol. The SMILES string of the molecule is C=C1C[C@@]2(CC[C@@H](CC[C@@]3(O)CCC[C@H](O)C3)C2)[C@@H]2O[C@]2(C)CC[C@@H]2[C@@H]1C[C@]2(C)[C@@H]1CC[C@H]([C@H]2CC#C[C@H](Cc3ccccc3)[C@@H]3c4c(ccc5cocc45)CCC[C@@H]3NC(N)=N2)C1. The van der Waals surface area contributed by atoms with Crippen LogP contribution in [0.3, 0.4) is 0 Å². The van der Waals surface area contributed by atoms with Gasteiger partial charge < -0.3 is 30.4 Å². The molecule has 7 nitrogen and oxygen atoms in total. The molecule has 5 saturated carbocycles. The number of aryl methyl sites for hydroxylation is 1. The molecule has 1 spiro atoms.